The van der Waals surface area contributed by atoms with Crippen LogP contribution in [0.5, 0.6) is 0 Å². The van der Waals surface area contributed by atoms with Gasteiger partial charge in [-0.25, -0.2) is 0 Å². The van der Waals surface area contributed by atoms with Gasteiger partial charge in [0.1, 0.15) is 12.1 Å². The summed E-state index contributed by atoms with van der Waals surface area (Å²) in [4.78, 5) is 0. The number of hydrogen-bond acceptors (Lipinski definition) is 2. The summed E-state index contributed by atoms with van der Waals surface area (Å²) >= 11 is 0. The molecule has 0 saturated heterocycles. The molecule has 0 aliphatic carbocycles. The molecule has 2 heteroatoms. The van der Waals surface area contributed by atoms with Crippen LogP contribution in [0.4, 0.5) is 0 Å². The van der Waals surface area contributed by atoms with E-state index in [-0.39, 0.29) is 0 Å². The fourth-order valence-corrected chi connectivity index (χ4v) is 3.70. The number of unbranched alkanes of at least 4 members (excludes halogenated alkanes) is 1. The van der Waals surface area contributed by atoms with Gasteiger partial charge in [-0.2, -0.15) is 10.5 Å². The van der Waals surface area contributed by atoms with Crippen molar-refractivity contribution in [2.45, 2.75) is 46.0 Å². The maximum absolute atomic E-state index is 9.74. The molecule has 3 aromatic rings. The van der Waals surface area contributed by atoms with Gasteiger partial charge < -0.3 is 0 Å². The van der Waals surface area contributed by atoms with E-state index in [4.69, 9.17) is 0 Å². The summed E-state index contributed by atoms with van der Waals surface area (Å²) in [6.07, 6.45) is 5.17. The van der Waals surface area contributed by atoms with E-state index in [1.54, 1.807) is 0 Å². The first kappa shape index (κ1) is 20.4. The first-order chi connectivity index (χ1) is 14.2. The predicted octanol–water partition coefficient (Wildman–Crippen LogP) is 7.06. The molecule has 0 atom stereocenters. The number of rotatable bonds is 7. The molecule has 0 heterocycles. The van der Waals surface area contributed by atoms with Crippen LogP contribution in [0.1, 0.15) is 55.4 Å². The third kappa shape index (κ3) is 4.56. The van der Waals surface area contributed by atoms with E-state index in [0.717, 1.165) is 54.4 Å². The van der Waals surface area contributed by atoms with Gasteiger partial charge in [0.15, 0.2) is 0 Å². The summed E-state index contributed by atoms with van der Waals surface area (Å²) in [5.74, 6) is 0. The highest BCUT2D eigenvalue weighted by Crippen LogP contribution is 2.30. The van der Waals surface area contributed by atoms with Gasteiger partial charge in [0, 0.05) is 5.56 Å². The van der Waals surface area contributed by atoms with Crippen molar-refractivity contribution in [3.05, 3.63) is 82.9 Å². The SMILES string of the molecule is CCCCc1ccc(-c2ccc(-c3ccc(CCC)cc3)cc2)c(C#N)c1C#N. The molecular formula is C27H26N2. The molecule has 144 valence electrons. The van der Waals surface area contributed by atoms with Crippen molar-refractivity contribution in [2.24, 2.45) is 0 Å². The van der Waals surface area contributed by atoms with Crippen LogP contribution in [0.3, 0.4) is 0 Å². The van der Waals surface area contributed by atoms with Gasteiger partial charge >= 0.3 is 0 Å². The first-order valence-corrected chi connectivity index (χ1v) is 10.4. The topological polar surface area (TPSA) is 47.6 Å². The number of benzene rings is 3. The highest BCUT2D eigenvalue weighted by molar-refractivity contribution is 5.77. The third-order valence-electron chi connectivity index (χ3n) is 5.34. The zero-order chi connectivity index (χ0) is 20.6. The molecule has 0 unspecified atom stereocenters. The zero-order valence-corrected chi connectivity index (χ0v) is 17.2. The standard InChI is InChI=1S/C27H26N2/c1-3-5-7-23-16-17-25(27(19-29)26(23)18-28)24-14-12-22(13-15-24)21-10-8-20(6-4-2)9-11-21/h8-17H,3-7H2,1-2H3. The maximum atomic E-state index is 9.74. The van der Waals surface area contributed by atoms with Crippen LogP contribution in [0.15, 0.2) is 60.7 Å². The van der Waals surface area contributed by atoms with Crippen molar-refractivity contribution >= 4 is 0 Å². The summed E-state index contributed by atoms with van der Waals surface area (Å²) in [6, 6.07) is 25.5. The Bertz CT molecular complexity index is 1050. The summed E-state index contributed by atoms with van der Waals surface area (Å²) in [5, 5.41) is 19.4. The Balaban J connectivity index is 1.93. The van der Waals surface area contributed by atoms with Crippen LogP contribution in [-0.2, 0) is 12.8 Å². The van der Waals surface area contributed by atoms with E-state index < -0.39 is 0 Å². The minimum absolute atomic E-state index is 0.484. The Morgan fingerprint density at radius 1 is 0.621 bits per heavy atom. The van der Waals surface area contributed by atoms with Crippen LogP contribution in [0.25, 0.3) is 22.3 Å². The normalized spacial score (nSPS) is 10.3. The largest absolute Gasteiger partial charge is 0.192 e. The molecule has 0 amide bonds. The van der Waals surface area contributed by atoms with Crippen molar-refractivity contribution in [2.75, 3.05) is 0 Å². The molecule has 2 nitrogen and oxygen atoms in total. The Hall–Kier alpha value is -3.36. The second kappa shape index (κ2) is 9.72. The predicted molar refractivity (Wildman–Crippen MR) is 119 cm³/mol. The lowest BCUT2D eigenvalue weighted by Crippen LogP contribution is -1.97. The number of aryl methyl sites for hydroxylation is 2. The van der Waals surface area contributed by atoms with Crippen LogP contribution in [0.2, 0.25) is 0 Å². The van der Waals surface area contributed by atoms with Crippen molar-refractivity contribution in [3.8, 4) is 34.4 Å². The van der Waals surface area contributed by atoms with Gasteiger partial charge in [0.05, 0.1) is 11.1 Å². The molecule has 0 spiro atoms. The van der Waals surface area contributed by atoms with Crippen LogP contribution >= 0.6 is 0 Å². The Morgan fingerprint density at radius 2 is 1.21 bits per heavy atom. The molecule has 0 N–H and O–H groups in total. The van der Waals surface area contributed by atoms with Crippen molar-refractivity contribution in [1.82, 2.24) is 0 Å². The monoisotopic (exact) mass is 378 g/mol. The second-order valence-electron chi connectivity index (χ2n) is 7.37. The molecule has 3 rings (SSSR count). The summed E-state index contributed by atoms with van der Waals surface area (Å²) in [6.45, 7) is 4.32. The summed E-state index contributed by atoms with van der Waals surface area (Å²) < 4.78 is 0. The Labute approximate surface area is 174 Å². The first-order valence-electron chi connectivity index (χ1n) is 10.4. The summed E-state index contributed by atoms with van der Waals surface area (Å²) in [5.41, 5.74) is 7.46. The second-order valence-corrected chi connectivity index (χ2v) is 7.37. The average Bonchev–Trinajstić information content (AvgIpc) is 2.77. The quantitative estimate of drug-likeness (QED) is 0.442. The molecule has 0 aliphatic rings. The van der Waals surface area contributed by atoms with Gasteiger partial charge in [-0.05, 0) is 47.1 Å². The lowest BCUT2D eigenvalue weighted by Gasteiger charge is -2.11. The maximum Gasteiger partial charge on any atom is 0.101 e. The molecule has 0 bridgehead atoms. The van der Waals surface area contributed by atoms with E-state index in [9.17, 15) is 10.5 Å². The molecule has 0 aromatic heterocycles. The van der Waals surface area contributed by atoms with E-state index in [1.807, 2.05) is 24.3 Å². The third-order valence-corrected chi connectivity index (χ3v) is 5.34. The fraction of sp³-hybridized carbons (Fsp3) is 0.259. The Morgan fingerprint density at radius 3 is 1.76 bits per heavy atom. The molecule has 29 heavy (non-hydrogen) atoms. The van der Waals surface area contributed by atoms with E-state index in [0.29, 0.717) is 11.1 Å². The van der Waals surface area contributed by atoms with Crippen molar-refractivity contribution in [3.63, 3.8) is 0 Å². The van der Waals surface area contributed by atoms with E-state index >= 15 is 0 Å². The Kier molecular flexibility index (Phi) is 6.83. The molecule has 0 aliphatic heterocycles. The lowest BCUT2D eigenvalue weighted by molar-refractivity contribution is 0.793. The number of nitriles is 2. The minimum Gasteiger partial charge on any atom is -0.192 e. The minimum atomic E-state index is 0.484. The zero-order valence-electron chi connectivity index (χ0n) is 17.2. The van der Waals surface area contributed by atoms with Gasteiger partial charge in [-0.3, -0.25) is 0 Å². The van der Waals surface area contributed by atoms with E-state index in [2.05, 4.69) is 62.4 Å². The smallest absolute Gasteiger partial charge is 0.101 e. The van der Waals surface area contributed by atoms with Crippen molar-refractivity contribution in [1.29, 1.82) is 10.5 Å². The average molecular weight is 379 g/mol. The highest BCUT2D eigenvalue weighted by atomic mass is 14.3. The van der Waals surface area contributed by atoms with Gasteiger partial charge in [-0.15, -0.1) is 0 Å². The van der Waals surface area contributed by atoms with Crippen molar-refractivity contribution < 1.29 is 0 Å². The molecular weight excluding hydrogens is 352 g/mol. The van der Waals surface area contributed by atoms with Gasteiger partial charge in [-0.1, -0.05) is 87.4 Å². The fourth-order valence-electron chi connectivity index (χ4n) is 3.70. The highest BCUT2D eigenvalue weighted by Gasteiger charge is 2.14. The van der Waals surface area contributed by atoms with Crippen LogP contribution in [0, 0.1) is 22.7 Å². The molecule has 0 radical (unpaired) electrons. The summed E-state index contributed by atoms with van der Waals surface area (Å²) in [7, 11) is 0. The van der Waals surface area contributed by atoms with Crippen LogP contribution in [-0.4, -0.2) is 0 Å². The number of hydrogen-bond donors (Lipinski definition) is 0. The number of nitrogens with zero attached hydrogens (tertiary/aromatic N) is 2. The van der Waals surface area contributed by atoms with Gasteiger partial charge in [0.25, 0.3) is 0 Å². The van der Waals surface area contributed by atoms with E-state index in [1.165, 1.54) is 11.1 Å². The lowest BCUT2D eigenvalue weighted by atomic mass is 9.90. The van der Waals surface area contributed by atoms with Gasteiger partial charge in [0.2, 0.25) is 0 Å². The molecule has 0 saturated carbocycles. The van der Waals surface area contributed by atoms with Crippen LogP contribution < -0.4 is 0 Å². The molecule has 0 fully saturated rings. The molecule has 3 aromatic carbocycles.